The number of amides is 1. The standard InChI is InChI=1S/C6H10INO/c7-8-5-3-1-2-4-6(8)9/h1-5H2. The zero-order chi connectivity index (χ0) is 6.69. The first-order chi connectivity index (χ1) is 4.30. The lowest BCUT2D eigenvalue weighted by Crippen LogP contribution is -2.18. The predicted octanol–water partition coefficient (Wildman–Crippen LogP) is 1.74. The van der Waals surface area contributed by atoms with Gasteiger partial charge < -0.3 is 0 Å². The molecular formula is C6H10INO. The molecule has 0 aromatic carbocycles. The van der Waals surface area contributed by atoms with E-state index in [1.54, 1.807) is 3.11 Å². The van der Waals surface area contributed by atoms with Crippen molar-refractivity contribution in [3.8, 4) is 0 Å². The maximum absolute atomic E-state index is 10.9. The maximum Gasteiger partial charge on any atom is 0.231 e. The topological polar surface area (TPSA) is 20.3 Å². The zero-order valence-electron chi connectivity index (χ0n) is 5.27. The number of hydrogen-bond donors (Lipinski definition) is 0. The number of nitrogens with zero attached hydrogens (tertiary/aromatic N) is 1. The first-order valence-electron chi connectivity index (χ1n) is 3.27. The lowest BCUT2D eigenvalue weighted by atomic mass is 10.2. The van der Waals surface area contributed by atoms with Gasteiger partial charge in [0.05, 0.1) is 22.9 Å². The van der Waals surface area contributed by atoms with Gasteiger partial charge in [-0.05, 0) is 12.8 Å². The Labute approximate surface area is 69.1 Å². The number of hydrogen-bond acceptors (Lipinski definition) is 1. The van der Waals surface area contributed by atoms with Crippen molar-refractivity contribution in [3.05, 3.63) is 0 Å². The van der Waals surface area contributed by atoms with E-state index in [-0.39, 0.29) is 0 Å². The van der Waals surface area contributed by atoms with Crippen LogP contribution in [0.3, 0.4) is 0 Å². The lowest BCUT2D eigenvalue weighted by Gasteiger charge is -2.08. The van der Waals surface area contributed by atoms with Crippen LogP contribution in [0.25, 0.3) is 0 Å². The van der Waals surface area contributed by atoms with Gasteiger partial charge in [-0.2, -0.15) is 0 Å². The van der Waals surface area contributed by atoms with Gasteiger partial charge in [0.15, 0.2) is 0 Å². The molecule has 1 fully saturated rings. The molecule has 0 spiro atoms. The van der Waals surface area contributed by atoms with Crippen molar-refractivity contribution in [1.29, 1.82) is 0 Å². The van der Waals surface area contributed by atoms with E-state index in [4.69, 9.17) is 0 Å². The molecular weight excluding hydrogens is 229 g/mol. The molecule has 52 valence electrons. The molecule has 1 rings (SSSR count). The second kappa shape index (κ2) is 3.39. The molecule has 3 heteroatoms. The molecule has 1 aliphatic heterocycles. The molecule has 1 saturated heterocycles. The first-order valence-corrected chi connectivity index (χ1v) is 4.23. The van der Waals surface area contributed by atoms with Crippen molar-refractivity contribution in [2.75, 3.05) is 6.54 Å². The Kier molecular flexibility index (Phi) is 2.75. The van der Waals surface area contributed by atoms with Crippen LogP contribution in [0.1, 0.15) is 25.7 Å². The highest BCUT2D eigenvalue weighted by Crippen LogP contribution is 2.13. The monoisotopic (exact) mass is 239 g/mol. The van der Waals surface area contributed by atoms with Gasteiger partial charge in [0.2, 0.25) is 5.91 Å². The van der Waals surface area contributed by atoms with Gasteiger partial charge in [0.1, 0.15) is 0 Å². The lowest BCUT2D eigenvalue weighted by molar-refractivity contribution is -0.124. The second-order valence-electron chi connectivity index (χ2n) is 2.29. The molecule has 1 aliphatic rings. The van der Waals surface area contributed by atoms with Crippen molar-refractivity contribution in [2.45, 2.75) is 25.7 Å². The van der Waals surface area contributed by atoms with Crippen LogP contribution in [0.5, 0.6) is 0 Å². The van der Waals surface area contributed by atoms with Crippen LogP contribution in [0, 0.1) is 0 Å². The van der Waals surface area contributed by atoms with E-state index < -0.39 is 0 Å². The van der Waals surface area contributed by atoms with E-state index in [0.717, 1.165) is 19.4 Å². The quantitative estimate of drug-likeness (QED) is 0.465. The molecule has 0 radical (unpaired) electrons. The summed E-state index contributed by atoms with van der Waals surface area (Å²) in [6.07, 6.45) is 4.22. The molecule has 1 heterocycles. The largest absolute Gasteiger partial charge is 0.285 e. The minimum absolute atomic E-state index is 0.299. The number of rotatable bonds is 0. The van der Waals surface area contributed by atoms with Crippen molar-refractivity contribution in [2.24, 2.45) is 0 Å². The number of carbonyl (C=O) groups is 1. The third-order valence-electron chi connectivity index (χ3n) is 1.52. The predicted molar refractivity (Wildman–Crippen MR) is 44.2 cm³/mol. The molecule has 0 aromatic heterocycles. The highest BCUT2D eigenvalue weighted by Gasteiger charge is 2.12. The average Bonchev–Trinajstić information content (AvgIpc) is 1.99. The summed E-state index contributed by atoms with van der Waals surface area (Å²) < 4.78 is 1.80. The zero-order valence-corrected chi connectivity index (χ0v) is 7.43. The van der Waals surface area contributed by atoms with Gasteiger partial charge in [0, 0.05) is 13.0 Å². The summed E-state index contributed by atoms with van der Waals surface area (Å²) in [5.74, 6) is 0.299. The SMILES string of the molecule is O=C1CCCCCN1I. The number of carbonyl (C=O) groups excluding carboxylic acids is 1. The van der Waals surface area contributed by atoms with E-state index in [1.165, 1.54) is 12.8 Å². The minimum Gasteiger partial charge on any atom is -0.285 e. The molecule has 0 aromatic rings. The molecule has 0 saturated carbocycles. The van der Waals surface area contributed by atoms with Gasteiger partial charge in [-0.3, -0.25) is 7.91 Å². The summed E-state index contributed by atoms with van der Waals surface area (Å²) in [5, 5.41) is 0. The summed E-state index contributed by atoms with van der Waals surface area (Å²) in [6, 6.07) is 0. The fourth-order valence-corrected chi connectivity index (χ4v) is 1.53. The third-order valence-corrected chi connectivity index (χ3v) is 2.54. The summed E-state index contributed by atoms with van der Waals surface area (Å²) in [7, 11) is 0. The minimum atomic E-state index is 0.299. The van der Waals surface area contributed by atoms with E-state index in [0.29, 0.717) is 5.91 Å². The molecule has 2 nitrogen and oxygen atoms in total. The fraction of sp³-hybridized carbons (Fsp3) is 0.833. The molecule has 0 bridgehead atoms. The second-order valence-corrected chi connectivity index (χ2v) is 3.45. The molecule has 0 N–H and O–H groups in total. The van der Waals surface area contributed by atoms with Gasteiger partial charge in [0.25, 0.3) is 0 Å². The van der Waals surface area contributed by atoms with E-state index in [9.17, 15) is 4.79 Å². The summed E-state index contributed by atoms with van der Waals surface area (Å²) >= 11 is 2.09. The van der Waals surface area contributed by atoms with Crippen LogP contribution in [0.2, 0.25) is 0 Å². The van der Waals surface area contributed by atoms with E-state index in [1.807, 2.05) is 0 Å². The van der Waals surface area contributed by atoms with Gasteiger partial charge in [-0.15, -0.1) is 0 Å². The van der Waals surface area contributed by atoms with Crippen molar-refractivity contribution < 1.29 is 4.79 Å². The van der Waals surface area contributed by atoms with Crippen LogP contribution < -0.4 is 0 Å². The van der Waals surface area contributed by atoms with Crippen LogP contribution in [0.15, 0.2) is 0 Å². The Hall–Kier alpha value is 0.200. The Morgan fingerprint density at radius 1 is 1.33 bits per heavy atom. The van der Waals surface area contributed by atoms with Gasteiger partial charge in [-0.1, -0.05) is 6.42 Å². The van der Waals surface area contributed by atoms with Gasteiger partial charge in [-0.25, -0.2) is 0 Å². The summed E-state index contributed by atoms with van der Waals surface area (Å²) in [6.45, 7) is 0.944. The van der Waals surface area contributed by atoms with E-state index in [2.05, 4.69) is 22.9 Å². The fourth-order valence-electron chi connectivity index (χ4n) is 0.950. The van der Waals surface area contributed by atoms with Crippen LogP contribution in [-0.4, -0.2) is 15.6 Å². The molecule has 9 heavy (non-hydrogen) atoms. The Morgan fingerprint density at radius 3 is 2.89 bits per heavy atom. The first kappa shape index (κ1) is 7.31. The third kappa shape index (κ3) is 2.12. The van der Waals surface area contributed by atoms with Crippen molar-refractivity contribution >= 4 is 28.8 Å². The molecule has 0 unspecified atom stereocenters. The molecule has 0 aliphatic carbocycles. The highest BCUT2D eigenvalue weighted by molar-refractivity contribution is 14.1. The van der Waals surface area contributed by atoms with Crippen molar-refractivity contribution in [1.82, 2.24) is 3.11 Å². The van der Waals surface area contributed by atoms with E-state index >= 15 is 0 Å². The Morgan fingerprint density at radius 2 is 2.11 bits per heavy atom. The molecule has 0 atom stereocenters. The van der Waals surface area contributed by atoms with Crippen LogP contribution in [-0.2, 0) is 4.79 Å². The number of halogens is 1. The smallest absolute Gasteiger partial charge is 0.231 e. The normalized spacial score (nSPS) is 21.9. The average molecular weight is 239 g/mol. The van der Waals surface area contributed by atoms with Crippen LogP contribution in [0.4, 0.5) is 0 Å². The van der Waals surface area contributed by atoms with Gasteiger partial charge >= 0.3 is 0 Å². The Bertz CT molecular complexity index is 116. The summed E-state index contributed by atoms with van der Waals surface area (Å²) in [5.41, 5.74) is 0. The van der Waals surface area contributed by atoms with Crippen molar-refractivity contribution in [3.63, 3.8) is 0 Å². The maximum atomic E-state index is 10.9. The highest BCUT2D eigenvalue weighted by atomic mass is 127. The molecule has 1 amide bonds. The van der Waals surface area contributed by atoms with Crippen LogP contribution >= 0.6 is 22.9 Å². The Balaban J connectivity index is 2.41. The summed E-state index contributed by atoms with van der Waals surface area (Å²) in [4.78, 5) is 10.9.